The Balaban J connectivity index is 0.933. The number of hydrogen-bond acceptors (Lipinski definition) is 8. The lowest BCUT2D eigenvalue weighted by molar-refractivity contribution is -0.000550. The second-order valence-corrected chi connectivity index (χ2v) is 16.1. The molecule has 10 nitrogen and oxygen atoms in total. The van der Waals surface area contributed by atoms with Crippen molar-refractivity contribution < 1.29 is 32.6 Å². The van der Waals surface area contributed by atoms with Crippen LogP contribution in [-0.4, -0.2) is 62.2 Å². The summed E-state index contributed by atoms with van der Waals surface area (Å²) >= 11 is 7.31. The van der Waals surface area contributed by atoms with Crippen molar-refractivity contribution in [3.8, 4) is 10.4 Å². The summed E-state index contributed by atoms with van der Waals surface area (Å²) in [6.07, 6.45) is 3.06. The van der Waals surface area contributed by atoms with E-state index in [9.17, 15) is 23.2 Å². The Morgan fingerprint density at radius 3 is 2.45 bits per heavy atom. The van der Waals surface area contributed by atoms with Crippen LogP contribution < -0.4 is 20.4 Å². The van der Waals surface area contributed by atoms with Crippen LogP contribution in [0.4, 0.5) is 31.7 Å². The van der Waals surface area contributed by atoms with Crippen LogP contribution in [0.5, 0.6) is 0 Å². The van der Waals surface area contributed by atoms with Crippen LogP contribution in [-0.2, 0) is 28.9 Å². The van der Waals surface area contributed by atoms with Crippen molar-refractivity contribution in [2.75, 3.05) is 59.9 Å². The maximum absolute atomic E-state index is 14.8. The first-order valence-corrected chi connectivity index (χ1v) is 19.7. The minimum Gasteiger partial charge on any atom is -0.381 e. The molecule has 4 aliphatic heterocycles. The molecule has 3 aromatic carbocycles. The summed E-state index contributed by atoms with van der Waals surface area (Å²) in [6, 6.07) is 18.6. The van der Waals surface area contributed by atoms with Crippen LogP contribution >= 0.6 is 22.9 Å². The summed E-state index contributed by atoms with van der Waals surface area (Å²) in [4.78, 5) is 50.9. The maximum atomic E-state index is 14.8. The highest BCUT2D eigenvalue weighted by molar-refractivity contribution is 7.17. The first-order valence-electron chi connectivity index (χ1n) is 18.5. The van der Waals surface area contributed by atoms with Gasteiger partial charge in [0.15, 0.2) is 0 Å². The molecule has 0 aliphatic carbocycles. The van der Waals surface area contributed by atoms with Gasteiger partial charge in [0.25, 0.3) is 17.7 Å². The fourth-order valence-electron chi connectivity index (χ4n) is 8.00. The zero-order chi connectivity index (χ0) is 38.6. The van der Waals surface area contributed by atoms with E-state index in [2.05, 4.69) is 15.5 Å². The third-order valence-corrected chi connectivity index (χ3v) is 12.6. The molecule has 2 aromatic heterocycles. The smallest absolute Gasteiger partial charge is 0.265 e. The predicted octanol–water partition coefficient (Wildman–Crippen LogP) is 8.14. The number of benzene rings is 3. The van der Waals surface area contributed by atoms with Crippen molar-refractivity contribution in [1.29, 1.82) is 0 Å². The van der Waals surface area contributed by atoms with E-state index in [0.29, 0.717) is 69.7 Å². The Kier molecular flexibility index (Phi) is 9.56. The van der Waals surface area contributed by atoms with E-state index in [1.165, 1.54) is 46.6 Å². The van der Waals surface area contributed by atoms with Gasteiger partial charge in [-0.25, -0.2) is 13.8 Å². The number of anilines is 4. The Morgan fingerprint density at radius 1 is 0.857 bits per heavy atom. The second-order valence-electron chi connectivity index (χ2n) is 14.7. The van der Waals surface area contributed by atoms with Crippen molar-refractivity contribution in [3.05, 3.63) is 122 Å². The van der Waals surface area contributed by atoms with Crippen molar-refractivity contribution in [3.63, 3.8) is 0 Å². The van der Waals surface area contributed by atoms with Crippen LogP contribution in [0.1, 0.15) is 60.1 Å². The summed E-state index contributed by atoms with van der Waals surface area (Å²) < 4.78 is 40.5. The third kappa shape index (κ3) is 6.82. The van der Waals surface area contributed by atoms with Crippen molar-refractivity contribution in [2.24, 2.45) is 5.41 Å². The molecule has 4 aliphatic rings. The molecule has 0 bridgehead atoms. The molecule has 56 heavy (non-hydrogen) atoms. The topological polar surface area (TPSA) is 113 Å². The van der Waals surface area contributed by atoms with E-state index in [-0.39, 0.29) is 34.5 Å². The number of amides is 3. The molecule has 286 valence electrons. The second kappa shape index (κ2) is 14.7. The molecule has 2 saturated heterocycles. The van der Waals surface area contributed by atoms with Gasteiger partial charge in [-0.1, -0.05) is 17.7 Å². The first kappa shape index (κ1) is 36.4. The number of fused-ring (bicyclic) bond motifs is 4. The number of ether oxygens (including phenoxy) is 2. The predicted molar refractivity (Wildman–Crippen MR) is 211 cm³/mol. The number of thiophene rings is 1. The van der Waals surface area contributed by atoms with Crippen LogP contribution in [0, 0.1) is 17.0 Å². The largest absolute Gasteiger partial charge is 0.381 e. The lowest BCUT2D eigenvalue weighted by Gasteiger charge is -2.53. The molecular weight excluding hydrogens is 760 g/mol. The van der Waals surface area contributed by atoms with Crippen LogP contribution in [0.3, 0.4) is 0 Å². The molecule has 3 amide bonds. The SMILES string of the molecule is O=C(Nc1c(F)cccc1Cl)c1cc2c(s1)-c1ccc(F)cc1N(C(=O)c1ccc(NC(=O)c3cc4c(nc3N3CC5(CCOCC5)C3)CCOC4)cc1)CC2. The monoisotopic (exact) mass is 795 g/mol. The van der Waals surface area contributed by atoms with Crippen LogP contribution in [0.25, 0.3) is 10.4 Å². The van der Waals surface area contributed by atoms with Crippen molar-refractivity contribution in [1.82, 2.24) is 4.98 Å². The number of rotatable bonds is 6. The number of nitrogens with one attached hydrogen (secondary N) is 2. The average Bonchev–Trinajstić information content (AvgIpc) is 3.56. The molecule has 6 heterocycles. The van der Waals surface area contributed by atoms with E-state index in [4.69, 9.17) is 26.1 Å². The molecule has 2 fully saturated rings. The van der Waals surface area contributed by atoms with Gasteiger partial charge in [-0.3, -0.25) is 14.4 Å². The molecule has 5 aromatic rings. The highest BCUT2D eigenvalue weighted by atomic mass is 35.5. The quantitative estimate of drug-likeness (QED) is 0.179. The van der Waals surface area contributed by atoms with E-state index in [1.807, 2.05) is 6.07 Å². The van der Waals surface area contributed by atoms with Gasteiger partial charge >= 0.3 is 0 Å². The van der Waals surface area contributed by atoms with Crippen LogP contribution in [0.2, 0.25) is 5.02 Å². The van der Waals surface area contributed by atoms with Crippen molar-refractivity contribution >= 4 is 63.5 Å². The number of halogens is 3. The first-order chi connectivity index (χ1) is 27.1. The number of carbonyl (C=O) groups is 3. The fourth-order valence-corrected chi connectivity index (χ4v) is 9.35. The molecule has 1 spiro atoms. The Bertz CT molecular complexity index is 2370. The Morgan fingerprint density at radius 2 is 1.66 bits per heavy atom. The van der Waals surface area contributed by atoms with Gasteiger partial charge in [0, 0.05) is 71.9 Å². The molecular formula is C42H36ClF2N5O5S. The lowest BCUT2D eigenvalue weighted by atomic mass is 9.73. The zero-order valence-electron chi connectivity index (χ0n) is 30.1. The molecule has 2 N–H and O–H groups in total. The fraction of sp³-hybridized carbons (Fsp3) is 0.286. The molecule has 14 heteroatoms. The summed E-state index contributed by atoms with van der Waals surface area (Å²) in [5, 5.41) is 5.64. The summed E-state index contributed by atoms with van der Waals surface area (Å²) in [7, 11) is 0. The average molecular weight is 796 g/mol. The third-order valence-electron chi connectivity index (χ3n) is 11.0. The lowest BCUT2D eigenvalue weighted by Crippen LogP contribution is -2.59. The summed E-state index contributed by atoms with van der Waals surface area (Å²) in [5.74, 6) is -1.68. The zero-order valence-corrected chi connectivity index (χ0v) is 31.7. The van der Waals surface area contributed by atoms with E-state index < -0.39 is 17.5 Å². The number of pyridine rings is 1. The van der Waals surface area contributed by atoms with Crippen molar-refractivity contribution in [2.45, 2.75) is 32.3 Å². The number of aromatic nitrogens is 1. The van der Waals surface area contributed by atoms with Gasteiger partial charge in [0.2, 0.25) is 0 Å². The van der Waals surface area contributed by atoms with Gasteiger partial charge in [0.05, 0.1) is 45.7 Å². The number of nitrogens with zero attached hydrogens (tertiary/aromatic N) is 3. The summed E-state index contributed by atoms with van der Waals surface area (Å²) in [6.45, 7) is 4.37. The Labute approximate surface area is 330 Å². The molecule has 9 rings (SSSR count). The highest BCUT2D eigenvalue weighted by Crippen LogP contribution is 2.44. The van der Waals surface area contributed by atoms with E-state index >= 15 is 0 Å². The normalized spacial score (nSPS) is 16.9. The number of para-hydroxylation sites is 1. The Hall–Kier alpha value is -5.21. The molecule has 0 radical (unpaired) electrons. The van der Waals surface area contributed by atoms with Gasteiger partial charge in [-0.05, 0) is 91.6 Å². The van der Waals surface area contributed by atoms with Gasteiger partial charge in [-0.15, -0.1) is 11.3 Å². The molecule has 0 saturated carbocycles. The molecule has 0 atom stereocenters. The number of carbonyl (C=O) groups excluding carboxylic acids is 3. The minimum atomic E-state index is -0.656. The van der Waals surface area contributed by atoms with E-state index in [0.717, 1.165) is 56.0 Å². The van der Waals surface area contributed by atoms with Gasteiger partial charge < -0.3 is 29.9 Å². The number of hydrogen-bond donors (Lipinski definition) is 2. The van der Waals surface area contributed by atoms with Gasteiger partial charge in [-0.2, -0.15) is 0 Å². The van der Waals surface area contributed by atoms with Crippen LogP contribution in [0.15, 0.2) is 72.8 Å². The minimum absolute atomic E-state index is 0.0732. The van der Waals surface area contributed by atoms with E-state index in [1.54, 1.807) is 36.4 Å². The standard InChI is InChI=1S/C42H36ClF2N5O5S/c43-31-2-1-3-32(45)36(31)48-40(52)35-19-25-10-14-50(34-20-27(44)6-9-29(34)37(25)56-35)41(53)24-4-7-28(8-5-24)46-39(51)30-18-26-21-55-15-11-33(26)47-38(30)49-22-42(23-49)12-16-54-17-13-42/h1-9,18-20H,10-17,21-23H2,(H,46,51)(H,48,52). The highest BCUT2D eigenvalue weighted by Gasteiger charge is 2.45. The maximum Gasteiger partial charge on any atom is 0.265 e. The molecule has 0 unspecified atom stereocenters. The summed E-state index contributed by atoms with van der Waals surface area (Å²) in [5.41, 5.74) is 5.02. The van der Waals surface area contributed by atoms with Gasteiger partial charge in [0.1, 0.15) is 17.5 Å².